The molecule has 0 spiro atoms. The minimum absolute atomic E-state index is 0.0281. The molecule has 6 rings (SSSR count). The summed E-state index contributed by atoms with van der Waals surface area (Å²) in [6.45, 7) is 4.66. The van der Waals surface area contributed by atoms with Crippen LogP contribution in [0.15, 0.2) is 60.7 Å². The molecule has 3 aromatic carbocycles. The first-order valence-corrected chi connectivity index (χ1v) is 14.6. The van der Waals surface area contributed by atoms with E-state index in [1.165, 1.54) is 30.3 Å². The van der Waals surface area contributed by atoms with Crippen LogP contribution in [0.1, 0.15) is 52.8 Å². The van der Waals surface area contributed by atoms with E-state index in [0.717, 1.165) is 6.07 Å². The van der Waals surface area contributed by atoms with Crippen molar-refractivity contribution in [3.05, 3.63) is 111 Å². The molecule has 1 atom stereocenters. The van der Waals surface area contributed by atoms with Gasteiger partial charge in [0.15, 0.2) is 11.6 Å². The zero-order valence-corrected chi connectivity index (χ0v) is 25.4. The molecule has 0 unspecified atom stereocenters. The van der Waals surface area contributed by atoms with E-state index in [-0.39, 0.29) is 47.2 Å². The molecule has 0 aliphatic carbocycles. The van der Waals surface area contributed by atoms with E-state index in [1.807, 2.05) is 19.9 Å². The van der Waals surface area contributed by atoms with Crippen LogP contribution in [0, 0.1) is 34.2 Å². The lowest BCUT2D eigenvalue weighted by Gasteiger charge is -2.28. The number of aromatic nitrogens is 3. The van der Waals surface area contributed by atoms with Gasteiger partial charge < -0.3 is 19.1 Å². The van der Waals surface area contributed by atoms with Crippen LogP contribution in [-0.4, -0.2) is 38.8 Å². The SMILES string of the molecule is CC1(C)COC[C@H]1n1c(Cc2c(F)cc(-c3ccc(Cl)c(OCc4ccc(C#N)cc4)n3)c(F)c2F)nc2ccc(C(=O)O)cc21. The van der Waals surface area contributed by atoms with Gasteiger partial charge in [0.1, 0.15) is 23.3 Å². The maximum absolute atomic E-state index is 15.7. The number of hydrogen-bond donors (Lipinski definition) is 1. The van der Waals surface area contributed by atoms with Crippen molar-refractivity contribution in [2.24, 2.45) is 5.41 Å². The number of halogens is 4. The first-order chi connectivity index (χ1) is 22.0. The van der Waals surface area contributed by atoms with Gasteiger partial charge in [0.2, 0.25) is 5.88 Å². The van der Waals surface area contributed by atoms with Crippen LogP contribution in [0.4, 0.5) is 13.2 Å². The molecule has 12 heteroatoms. The number of carbonyl (C=O) groups is 1. The average molecular weight is 647 g/mol. The Morgan fingerprint density at radius 1 is 1.11 bits per heavy atom. The number of hydrogen-bond acceptors (Lipinski definition) is 6. The molecular weight excluding hydrogens is 621 g/mol. The van der Waals surface area contributed by atoms with Crippen LogP contribution in [0.25, 0.3) is 22.3 Å². The van der Waals surface area contributed by atoms with Crippen LogP contribution >= 0.6 is 11.6 Å². The fourth-order valence-corrected chi connectivity index (χ4v) is 5.73. The van der Waals surface area contributed by atoms with Crippen molar-refractivity contribution in [3.63, 3.8) is 0 Å². The maximum atomic E-state index is 15.7. The Hall–Kier alpha value is -4.92. The molecule has 2 aromatic heterocycles. The number of ether oxygens (including phenoxy) is 2. The predicted molar refractivity (Wildman–Crippen MR) is 163 cm³/mol. The minimum atomic E-state index is -1.40. The number of pyridine rings is 1. The summed E-state index contributed by atoms with van der Waals surface area (Å²) in [6, 6.07) is 16.3. The van der Waals surface area contributed by atoms with Gasteiger partial charge in [-0.2, -0.15) is 5.26 Å². The summed E-state index contributed by atoms with van der Waals surface area (Å²) in [4.78, 5) is 20.5. The van der Waals surface area contributed by atoms with Crippen molar-refractivity contribution in [1.82, 2.24) is 14.5 Å². The van der Waals surface area contributed by atoms with E-state index < -0.39 is 46.4 Å². The summed E-state index contributed by atoms with van der Waals surface area (Å²) in [5, 5.41) is 18.7. The topological polar surface area (TPSA) is 110 Å². The molecule has 1 fully saturated rings. The maximum Gasteiger partial charge on any atom is 0.335 e. The Morgan fingerprint density at radius 3 is 2.54 bits per heavy atom. The van der Waals surface area contributed by atoms with Gasteiger partial charge in [-0.25, -0.2) is 27.9 Å². The highest BCUT2D eigenvalue weighted by Gasteiger charge is 2.39. The standard InChI is InChI=1S/C34H26ClF3N4O4/c1-34(2)17-45-16-28(34)42-27-11-20(33(43)44)7-9-26(27)40-29(42)13-21-24(36)12-22(31(38)30(21)37)25-10-8-23(35)32(41-25)46-15-19-5-3-18(14-39)4-6-19/h3-12,28H,13,15-17H2,1-2H3,(H,43,44)/t28-/m1/s1. The second-order valence-corrected chi connectivity index (χ2v) is 12.1. The van der Waals surface area contributed by atoms with Crippen molar-refractivity contribution in [2.75, 3.05) is 13.2 Å². The van der Waals surface area contributed by atoms with Gasteiger partial charge in [0.25, 0.3) is 0 Å². The molecule has 46 heavy (non-hydrogen) atoms. The molecule has 5 aromatic rings. The molecule has 1 N–H and O–H groups in total. The number of rotatable bonds is 8. The number of nitrogens with zero attached hydrogens (tertiary/aromatic N) is 4. The Bertz CT molecular complexity index is 2040. The summed E-state index contributed by atoms with van der Waals surface area (Å²) in [7, 11) is 0. The Morgan fingerprint density at radius 2 is 1.87 bits per heavy atom. The summed E-state index contributed by atoms with van der Waals surface area (Å²) in [5.74, 6) is -4.70. The molecule has 234 valence electrons. The second kappa shape index (κ2) is 12.1. The third kappa shape index (κ3) is 5.77. The molecule has 1 aliphatic rings. The smallest absolute Gasteiger partial charge is 0.335 e. The molecule has 1 aliphatic heterocycles. The van der Waals surface area contributed by atoms with Gasteiger partial charge in [-0.15, -0.1) is 0 Å². The van der Waals surface area contributed by atoms with Gasteiger partial charge in [-0.3, -0.25) is 0 Å². The Labute approximate surface area is 266 Å². The third-order valence-electron chi connectivity index (χ3n) is 8.11. The predicted octanol–water partition coefficient (Wildman–Crippen LogP) is 7.51. The molecule has 8 nitrogen and oxygen atoms in total. The Kier molecular flexibility index (Phi) is 8.19. The van der Waals surface area contributed by atoms with E-state index in [9.17, 15) is 9.90 Å². The van der Waals surface area contributed by atoms with Crippen LogP contribution < -0.4 is 4.74 Å². The largest absolute Gasteiger partial charge is 0.478 e. The number of benzene rings is 3. The first-order valence-electron chi connectivity index (χ1n) is 14.2. The molecule has 0 amide bonds. The molecular formula is C34H26ClF3N4O4. The van der Waals surface area contributed by atoms with E-state index in [4.69, 9.17) is 26.3 Å². The van der Waals surface area contributed by atoms with Crippen molar-refractivity contribution >= 4 is 28.6 Å². The van der Waals surface area contributed by atoms with Crippen molar-refractivity contribution in [2.45, 2.75) is 32.9 Å². The highest BCUT2D eigenvalue weighted by atomic mass is 35.5. The van der Waals surface area contributed by atoms with Crippen LogP contribution in [0.5, 0.6) is 5.88 Å². The zero-order chi connectivity index (χ0) is 32.7. The van der Waals surface area contributed by atoms with Crippen LogP contribution in [0.3, 0.4) is 0 Å². The molecule has 0 saturated carbocycles. The van der Waals surface area contributed by atoms with Crippen LogP contribution in [-0.2, 0) is 17.8 Å². The summed E-state index contributed by atoms with van der Waals surface area (Å²) in [6.07, 6.45) is -0.411. The number of imidazole rings is 1. The van der Waals surface area contributed by atoms with Gasteiger partial charge >= 0.3 is 5.97 Å². The molecule has 3 heterocycles. The highest BCUT2D eigenvalue weighted by molar-refractivity contribution is 6.31. The minimum Gasteiger partial charge on any atom is -0.478 e. The van der Waals surface area contributed by atoms with Gasteiger partial charge in [-0.1, -0.05) is 37.6 Å². The summed E-state index contributed by atoms with van der Waals surface area (Å²) in [5.41, 5.74) is 0.643. The van der Waals surface area contributed by atoms with Crippen LogP contribution in [0.2, 0.25) is 5.02 Å². The summed E-state index contributed by atoms with van der Waals surface area (Å²) >= 11 is 6.24. The summed E-state index contributed by atoms with van der Waals surface area (Å²) < 4.78 is 60.3. The van der Waals surface area contributed by atoms with Gasteiger partial charge in [0.05, 0.1) is 53.2 Å². The highest BCUT2D eigenvalue weighted by Crippen LogP contribution is 2.41. The lowest BCUT2D eigenvalue weighted by atomic mass is 9.87. The molecule has 1 saturated heterocycles. The third-order valence-corrected chi connectivity index (χ3v) is 8.40. The second-order valence-electron chi connectivity index (χ2n) is 11.7. The van der Waals surface area contributed by atoms with Crippen molar-refractivity contribution in [1.29, 1.82) is 5.26 Å². The number of fused-ring (bicyclic) bond motifs is 1. The normalized spacial score (nSPS) is 15.6. The number of aromatic carboxylic acids is 1. The van der Waals surface area contributed by atoms with Crippen molar-refractivity contribution in [3.8, 4) is 23.2 Å². The number of carboxylic acid groups (broad SMARTS) is 1. The Balaban J connectivity index is 1.35. The first kappa shape index (κ1) is 31.1. The van der Waals surface area contributed by atoms with E-state index in [2.05, 4.69) is 9.97 Å². The quantitative estimate of drug-likeness (QED) is 0.174. The van der Waals surface area contributed by atoms with E-state index >= 15 is 13.2 Å². The lowest BCUT2D eigenvalue weighted by molar-refractivity contribution is 0.0697. The number of carboxylic acids is 1. The molecule has 0 bridgehead atoms. The van der Waals surface area contributed by atoms with Gasteiger partial charge in [0, 0.05) is 23.0 Å². The molecule has 0 radical (unpaired) electrons. The van der Waals surface area contributed by atoms with E-state index in [1.54, 1.807) is 28.8 Å². The van der Waals surface area contributed by atoms with Gasteiger partial charge in [-0.05, 0) is 54.1 Å². The van der Waals surface area contributed by atoms with Crippen molar-refractivity contribution < 1.29 is 32.5 Å². The monoisotopic (exact) mass is 646 g/mol. The average Bonchev–Trinajstić information content (AvgIpc) is 3.57. The zero-order valence-electron chi connectivity index (χ0n) is 24.7. The lowest BCUT2D eigenvalue weighted by Crippen LogP contribution is -2.27. The van der Waals surface area contributed by atoms with E-state index in [0.29, 0.717) is 28.8 Å². The fourth-order valence-electron chi connectivity index (χ4n) is 5.57. The fraction of sp³-hybridized carbons (Fsp3) is 0.235. The number of nitriles is 1.